The van der Waals surface area contributed by atoms with Crippen molar-refractivity contribution in [2.45, 2.75) is 38.3 Å². The highest BCUT2D eigenvalue weighted by Gasteiger charge is 2.26. The van der Waals surface area contributed by atoms with Crippen LogP contribution in [0.3, 0.4) is 0 Å². The van der Waals surface area contributed by atoms with Gasteiger partial charge in [0.2, 0.25) is 0 Å². The van der Waals surface area contributed by atoms with Gasteiger partial charge >= 0.3 is 0 Å². The molecule has 2 fully saturated rings. The van der Waals surface area contributed by atoms with Crippen LogP contribution in [0.2, 0.25) is 0 Å². The van der Waals surface area contributed by atoms with Crippen molar-refractivity contribution in [2.24, 2.45) is 0 Å². The molecule has 32 heavy (non-hydrogen) atoms. The molecule has 0 amide bonds. The molecule has 0 radical (unpaired) electrons. The molecule has 2 aromatic heterocycles. The minimum absolute atomic E-state index is 0.0711. The summed E-state index contributed by atoms with van der Waals surface area (Å²) in [6.45, 7) is 5.19. The molecule has 10 heteroatoms. The standard InChI is InChI=1S/C22H25FN6O2S/c1-13-24-22(32-28-13)16-11-20(30)17(10-18(16)23)19-2-3-21(27-26-19)29-7-4-15(12-29)25-14-5-8-31-9-6-14/h2-3,10-11,14-15,25,30H,4-9,12H2,1H3. The average Bonchev–Trinajstić information content (AvgIpc) is 3.45. The quantitative estimate of drug-likeness (QED) is 0.605. The van der Waals surface area contributed by atoms with Crippen LogP contribution in [-0.4, -0.2) is 63.0 Å². The molecule has 1 unspecified atom stereocenters. The molecule has 1 aromatic carbocycles. The molecule has 0 bridgehead atoms. The van der Waals surface area contributed by atoms with Crippen molar-refractivity contribution in [1.29, 1.82) is 0 Å². The van der Waals surface area contributed by atoms with E-state index >= 15 is 0 Å². The molecule has 2 saturated heterocycles. The lowest BCUT2D eigenvalue weighted by Crippen LogP contribution is -2.43. The normalized spacial score (nSPS) is 19.6. The largest absolute Gasteiger partial charge is 0.507 e. The van der Waals surface area contributed by atoms with E-state index in [4.69, 9.17) is 4.74 Å². The molecule has 2 aliphatic heterocycles. The zero-order valence-corrected chi connectivity index (χ0v) is 18.6. The summed E-state index contributed by atoms with van der Waals surface area (Å²) in [6, 6.07) is 7.23. The van der Waals surface area contributed by atoms with Gasteiger partial charge in [-0.2, -0.15) is 4.37 Å². The Kier molecular flexibility index (Phi) is 5.99. The number of hydrogen-bond acceptors (Lipinski definition) is 9. The minimum Gasteiger partial charge on any atom is -0.507 e. The fraction of sp³-hybridized carbons (Fsp3) is 0.455. The van der Waals surface area contributed by atoms with E-state index in [-0.39, 0.29) is 11.3 Å². The van der Waals surface area contributed by atoms with Crippen molar-refractivity contribution in [1.82, 2.24) is 24.9 Å². The molecule has 1 atom stereocenters. The Morgan fingerprint density at radius 3 is 2.69 bits per heavy atom. The molecule has 5 rings (SSSR count). The zero-order valence-electron chi connectivity index (χ0n) is 17.8. The molecule has 0 aliphatic carbocycles. The van der Waals surface area contributed by atoms with E-state index in [2.05, 4.69) is 29.8 Å². The molecule has 3 aromatic rings. The number of nitrogens with zero attached hydrogens (tertiary/aromatic N) is 5. The number of phenols is 1. The van der Waals surface area contributed by atoms with Crippen molar-refractivity contribution < 1.29 is 14.2 Å². The van der Waals surface area contributed by atoms with Gasteiger partial charge in [0.25, 0.3) is 0 Å². The number of anilines is 1. The van der Waals surface area contributed by atoms with E-state index in [1.165, 1.54) is 12.1 Å². The van der Waals surface area contributed by atoms with E-state index in [0.717, 1.165) is 62.9 Å². The SMILES string of the molecule is Cc1nsc(-c2cc(O)c(-c3ccc(N4CCC(NC5CCOCC5)C4)nn3)cc2F)n1. The van der Waals surface area contributed by atoms with Gasteiger partial charge in [0.15, 0.2) is 5.82 Å². The van der Waals surface area contributed by atoms with Crippen molar-refractivity contribution in [3.63, 3.8) is 0 Å². The summed E-state index contributed by atoms with van der Waals surface area (Å²) in [4.78, 5) is 6.40. The first-order valence-corrected chi connectivity index (χ1v) is 11.6. The second-order valence-electron chi connectivity index (χ2n) is 8.26. The predicted octanol–water partition coefficient (Wildman–Crippen LogP) is 3.16. The number of aromatic nitrogens is 4. The Balaban J connectivity index is 1.28. The molecule has 0 saturated carbocycles. The van der Waals surface area contributed by atoms with Gasteiger partial charge in [-0.05, 0) is 62.0 Å². The lowest BCUT2D eigenvalue weighted by molar-refractivity contribution is 0.0755. The molecule has 8 nitrogen and oxygen atoms in total. The van der Waals surface area contributed by atoms with Crippen LogP contribution in [0.1, 0.15) is 25.1 Å². The van der Waals surface area contributed by atoms with Gasteiger partial charge in [-0.25, -0.2) is 9.37 Å². The third-order valence-electron chi connectivity index (χ3n) is 5.97. The lowest BCUT2D eigenvalue weighted by Gasteiger charge is -2.26. The van der Waals surface area contributed by atoms with Gasteiger partial charge < -0.3 is 20.1 Å². The van der Waals surface area contributed by atoms with Crippen LogP contribution in [0.25, 0.3) is 21.8 Å². The number of phenolic OH excluding ortho intramolecular Hbond substituents is 1. The first-order chi connectivity index (χ1) is 15.6. The first kappa shape index (κ1) is 21.2. The van der Waals surface area contributed by atoms with Crippen LogP contribution < -0.4 is 10.2 Å². The maximum Gasteiger partial charge on any atom is 0.151 e. The van der Waals surface area contributed by atoms with Crippen molar-refractivity contribution in [3.8, 4) is 27.6 Å². The summed E-state index contributed by atoms with van der Waals surface area (Å²) in [6.07, 6.45) is 3.17. The Morgan fingerprint density at radius 2 is 1.97 bits per heavy atom. The second-order valence-corrected chi connectivity index (χ2v) is 9.01. The average molecular weight is 457 g/mol. The van der Waals surface area contributed by atoms with Crippen LogP contribution in [-0.2, 0) is 4.74 Å². The summed E-state index contributed by atoms with van der Waals surface area (Å²) in [5.74, 6) is 0.798. The smallest absolute Gasteiger partial charge is 0.151 e. The van der Waals surface area contributed by atoms with Crippen molar-refractivity contribution >= 4 is 17.4 Å². The maximum atomic E-state index is 14.7. The molecule has 168 valence electrons. The fourth-order valence-corrected chi connectivity index (χ4v) is 4.96. The van der Waals surface area contributed by atoms with E-state index in [9.17, 15) is 9.50 Å². The van der Waals surface area contributed by atoms with Crippen molar-refractivity contribution in [2.75, 3.05) is 31.2 Å². The molecular formula is C22H25FN6O2S. The van der Waals surface area contributed by atoms with Gasteiger partial charge in [-0.3, -0.25) is 0 Å². The van der Waals surface area contributed by atoms with Gasteiger partial charge in [-0.1, -0.05) is 0 Å². The van der Waals surface area contributed by atoms with Gasteiger partial charge in [0, 0.05) is 44.0 Å². The number of hydrogen-bond donors (Lipinski definition) is 2. The summed E-state index contributed by atoms with van der Waals surface area (Å²) >= 11 is 1.10. The second kappa shape index (κ2) is 9.05. The Hall–Kier alpha value is -2.69. The Morgan fingerprint density at radius 1 is 1.12 bits per heavy atom. The maximum absolute atomic E-state index is 14.7. The number of ether oxygens (including phenoxy) is 1. The Bertz CT molecular complexity index is 1090. The third-order valence-corrected chi connectivity index (χ3v) is 6.81. The van der Waals surface area contributed by atoms with E-state index in [1.54, 1.807) is 13.0 Å². The molecule has 4 heterocycles. The highest BCUT2D eigenvalue weighted by Crippen LogP contribution is 2.35. The van der Waals surface area contributed by atoms with Crippen LogP contribution in [0.4, 0.5) is 10.2 Å². The topological polar surface area (TPSA) is 96.3 Å². The van der Waals surface area contributed by atoms with Gasteiger partial charge in [0.05, 0.1) is 11.3 Å². The third kappa shape index (κ3) is 4.43. The van der Waals surface area contributed by atoms with Crippen LogP contribution >= 0.6 is 11.5 Å². The molecule has 2 aliphatic rings. The summed E-state index contributed by atoms with van der Waals surface area (Å²) in [5.41, 5.74) is 0.940. The van der Waals surface area contributed by atoms with Crippen molar-refractivity contribution in [3.05, 3.63) is 35.9 Å². The lowest BCUT2D eigenvalue weighted by atomic mass is 10.1. The number of halogens is 1. The van der Waals surface area contributed by atoms with E-state index < -0.39 is 5.82 Å². The predicted molar refractivity (Wildman–Crippen MR) is 120 cm³/mol. The Labute approximate surface area is 189 Å². The summed E-state index contributed by atoms with van der Waals surface area (Å²) < 4.78 is 24.2. The minimum atomic E-state index is -0.485. The summed E-state index contributed by atoms with van der Waals surface area (Å²) in [5, 5.41) is 23.3. The highest BCUT2D eigenvalue weighted by molar-refractivity contribution is 7.09. The van der Waals surface area contributed by atoms with Crippen LogP contribution in [0, 0.1) is 12.7 Å². The van der Waals surface area contributed by atoms with Crippen LogP contribution in [0.15, 0.2) is 24.3 Å². The number of aromatic hydroxyl groups is 1. The van der Waals surface area contributed by atoms with Gasteiger partial charge in [0.1, 0.15) is 22.4 Å². The fourth-order valence-electron chi connectivity index (χ4n) is 4.28. The monoisotopic (exact) mass is 456 g/mol. The summed E-state index contributed by atoms with van der Waals surface area (Å²) in [7, 11) is 0. The van der Waals surface area contributed by atoms with Gasteiger partial charge in [-0.15, -0.1) is 10.2 Å². The van der Waals surface area contributed by atoms with E-state index in [1.807, 2.05) is 6.07 Å². The van der Waals surface area contributed by atoms with Crippen LogP contribution in [0.5, 0.6) is 5.75 Å². The number of rotatable bonds is 5. The molecule has 2 N–H and O–H groups in total. The zero-order chi connectivity index (χ0) is 22.1. The molecular weight excluding hydrogens is 431 g/mol. The number of nitrogens with one attached hydrogen (secondary N) is 1. The highest BCUT2D eigenvalue weighted by atomic mass is 32.1. The molecule has 0 spiro atoms. The first-order valence-electron chi connectivity index (χ1n) is 10.8. The van der Waals surface area contributed by atoms with E-state index in [0.29, 0.717) is 34.2 Å². The number of aryl methyl sites for hydroxylation is 1. The number of benzene rings is 1.